The molecule has 2 heterocycles. The molecule has 0 bridgehead atoms. The van der Waals surface area contributed by atoms with Crippen LogP contribution in [-0.4, -0.2) is 36.6 Å². The Morgan fingerprint density at radius 2 is 2.15 bits per heavy atom. The molecule has 1 aromatic heterocycles. The number of benzene rings is 1. The normalized spacial score (nSPS) is 19.4. The molecule has 1 aromatic carbocycles. The number of aromatic nitrogens is 1. The van der Waals surface area contributed by atoms with Gasteiger partial charge in [0.05, 0.1) is 10.2 Å². The summed E-state index contributed by atoms with van der Waals surface area (Å²) in [4.78, 5) is 6.89. The monoisotopic (exact) mass is 293 g/mol. The summed E-state index contributed by atoms with van der Waals surface area (Å²) in [6.07, 6.45) is 2.41. The molecule has 1 aliphatic heterocycles. The van der Waals surface area contributed by atoms with E-state index in [1.165, 1.54) is 30.2 Å². The third-order valence-electron chi connectivity index (χ3n) is 4.21. The van der Waals surface area contributed by atoms with Crippen LogP contribution in [0.5, 0.6) is 0 Å². The molecule has 1 aliphatic rings. The Labute approximate surface area is 122 Å². The van der Waals surface area contributed by atoms with Crippen LogP contribution in [0.15, 0.2) is 18.2 Å². The first-order valence-electron chi connectivity index (χ1n) is 7.03. The number of hydrogen-bond donors (Lipinski definition) is 1. The highest BCUT2D eigenvalue weighted by atomic mass is 32.1. The first kappa shape index (κ1) is 13.8. The van der Waals surface area contributed by atoms with Gasteiger partial charge in [-0.1, -0.05) is 18.3 Å². The van der Waals surface area contributed by atoms with Crippen molar-refractivity contribution in [2.45, 2.75) is 19.8 Å². The zero-order valence-corrected chi connectivity index (χ0v) is 12.8. The molecule has 1 fully saturated rings. The molecule has 2 aromatic rings. The van der Waals surface area contributed by atoms with Gasteiger partial charge in [-0.15, -0.1) is 0 Å². The fourth-order valence-electron chi connectivity index (χ4n) is 2.60. The van der Waals surface area contributed by atoms with Gasteiger partial charge in [-0.3, -0.25) is 0 Å². The highest BCUT2D eigenvalue weighted by molar-refractivity contribution is 7.22. The second-order valence-electron chi connectivity index (χ2n) is 6.10. The average Bonchev–Trinajstić information content (AvgIpc) is 2.82. The number of anilines is 1. The molecule has 0 atom stereocenters. The molecule has 3 rings (SSSR count). The molecule has 0 saturated carbocycles. The van der Waals surface area contributed by atoms with Gasteiger partial charge in [0.2, 0.25) is 0 Å². The van der Waals surface area contributed by atoms with E-state index in [1.807, 2.05) is 0 Å². The maximum Gasteiger partial charge on any atom is 0.183 e. The van der Waals surface area contributed by atoms with Crippen molar-refractivity contribution >= 4 is 26.7 Å². The topological polar surface area (TPSA) is 28.2 Å². The largest absolute Gasteiger partial charge is 0.361 e. The summed E-state index contributed by atoms with van der Waals surface area (Å²) in [5, 5.41) is 4.34. The van der Waals surface area contributed by atoms with Gasteiger partial charge < -0.3 is 10.2 Å². The number of hydrogen-bond acceptors (Lipinski definition) is 4. The van der Waals surface area contributed by atoms with Crippen LogP contribution in [0.4, 0.5) is 9.52 Å². The molecule has 108 valence electrons. The number of thiazole rings is 1. The summed E-state index contributed by atoms with van der Waals surface area (Å²) in [5.41, 5.74) is 1.20. The zero-order valence-electron chi connectivity index (χ0n) is 11.9. The van der Waals surface area contributed by atoms with Crippen LogP contribution in [0.3, 0.4) is 0 Å². The maximum atomic E-state index is 13.2. The van der Waals surface area contributed by atoms with E-state index in [1.54, 1.807) is 12.1 Å². The Bertz CT molecular complexity index is 602. The molecular weight excluding hydrogens is 273 g/mol. The summed E-state index contributed by atoms with van der Waals surface area (Å²) in [6.45, 7) is 5.58. The lowest BCUT2D eigenvalue weighted by molar-refractivity contribution is 0.150. The molecule has 3 nitrogen and oxygen atoms in total. The predicted octanol–water partition coefficient (Wildman–Crippen LogP) is 3.58. The number of nitrogens with zero attached hydrogens (tertiary/aromatic N) is 2. The SMILES string of the molecule is CN1CCC(C)(CNc2nc3ccc(F)cc3s2)CC1. The Kier molecular flexibility index (Phi) is 3.65. The number of nitrogens with one attached hydrogen (secondary N) is 1. The van der Waals surface area contributed by atoms with Crippen molar-refractivity contribution < 1.29 is 4.39 Å². The van der Waals surface area contributed by atoms with Crippen molar-refractivity contribution in [1.29, 1.82) is 0 Å². The van der Waals surface area contributed by atoms with Crippen LogP contribution in [0.2, 0.25) is 0 Å². The van der Waals surface area contributed by atoms with Crippen molar-refractivity contribution in [1.82, 2.24) is 9.88 Å². The number of likely N-dealkylation sites (tertiary alicyclic amines) is 1. The van der Waals surface area contributed by atoms with E-state index in [9.17, 15) is 4.39 Å². The van der Waals surface area contributed by atoms with Crippen molar-refractivity contribution in [3.05, 3.63) is 24.0 Å². The molecular formula is C15H20FN3S. The van der Waals surface area contributed by atoms with Gasteiger partial charge in [0.1, 0.15) is 5.82 Å². The van der Waals surface area contributed by atoms with Crippen LogP contribution in [0.25, 0.3) is 10.2 Å². The van der Waals surface area contributed by atoms with Gasteiger partial charge >= 0.3 is 0 Å². The third kappa shape index (κ3) is 2.94. The van der Waals surface area contributed by atoms with Crippen LogP contribution in [0, 0.1) is 11.2 Å². The van der Waals surface area contributed by atoms with E-state index in [2.05, 4.69) is 29.2 Å². The lowest BCUT2D eigenvalue weighted by atomic mass is 9.80. The summed E-state index contributed by atoms with van der Waals surface area (Å²) < 4.78 is 14.1. The summed E-state index contributed by atoms with van der Waals surface area (Å²) in [5.74, 6) is -0.199. The molecule has 0 radical (unpaired) electrons. The molecule has 0 spiro atoms. The average molecular weight is 293 g/mol. The van der Waals surface area contributed by atoms with E-state index in [-0.39, 0.29) is 5.82 Å². The maximum absolute atomic E-state index is 13.2. The Morgan fingerprint density at radius 1 is 1.40 bits per heavy atom. The highest BCUT2D eigenvalue weighted by Crippen LogP contribution is 2.32. The summed E-state index contributed by atoms with van der Waals surface area (Å²) >= 11 is 1.53. The van der Waals surface area contributed by atoms with Gasteiger partial charge in [0.25, 0.3) is 0 Å². The van der Waals surface area contributed by atoms with Crippen LogP contribution in [0.1, 0.15) is 19.8 Å². The molecule has 1 N–H and O–H groups in total. The second-order valence-corrected chi connectivity index (χ2v) is 7.13. The lowest BCUT2D eigenvalue weighted by Crippen LogP contribution is -2.40. The minimum atomic E-state index is -0.199. The standard InChI is InChI=1S/C15H20FN3S/c1-15(5-7-19(2)8-6-15)10-17-14-18-12-4-3-11(16)9-13(12)20-14/h3-4,9H,5-8,10H2,1-2H3,(H,17,18). The number of fused-ring (bicyclic) bond motifs is 1. The quantitative estimate of drug-likeness (QED) is 0.937. The van der Waals surface area contributed by atoms with Crippen molar-refractivity contribution in [3.8, 4) is 0 Å². The lowest BCUT2D eigenvalue weighted by Gasteiger charge is -2.37. The fourth-order valence-corrected chi connectivity index (χ4v) is 3.48. The van der Waals surface area contributed by atoms with E-state index < -0.39 is 0 Å². The number of rotatable bonds is 3. The molecule has 0 amide bonds. The third-order valence-corrected chi connectivity index (χ3v) is 5.19. The minimum Gasteiger partial charge on any atom is -0.361 e. The van der Waals surface area contributed by atoms with Crippen LogP contribution < -0.4 is 5.32 Å². The van der Waals surface area contributed by atoms with Gasteiger partial charge in [-0.2, -0.15) is 0 Å². The number of piperidine rings is 1. The van der Waals surface area contributed by atoms with E-state index in [4.69, 9.17) is 0 Å². The first-order chi connectivity index (χ1) is 9.54. The summed E-state index contributed by atoms with van der Waals surface area (Å²) in [7, 11) is 2.18. The minimum absolute atomic E-state index is 0.199. The predicted molar refractivity (Wildman–Crippen MR) is 82.9 cm³/mol. The highest BCUT2D eigenvalue weighted by Gasteiger charge is 2.28. The van der Waals surface area contributed by atoms with Gasteiger partial charge in [-0.05, 0) is 56.6 Å². The van der Waals surface area contributed by atoms with Gasteiger partial charge in [0.15, 0.2) is 5.13 Å². The van der Waals surface area contributed by atoms with Crippen LogP contribution >= 0.6 is 11.3 Å². The Balaban J connectivity index is 1.67. The molecule has 0 unspecified atom stereocenters. The van der Waals surface area contributed by atoms with E-state index >= 15 is 0 Å². The molecule has 0 aliphatic carbocycles. The Morgan fingerprint density at radius 3 is 2.90 bits per heavy atom. The van der Waals surface area contributed by atoms with Crippen LogP contribution in [-0.2, 0) is 0 Å². The smallest absolute Gasteiger partial charge is 0.183 e. The number of halogens is 1. The van der Waals surface area contributed by atoms with E-state index in [0.717, 1.165) is 35.0 Å². The first-order valence-corrected chi connectivity index (χ1v) is 7.84. The second kappa shape index (κ2) is 5.30. The van der Waals surface area contributed by atoms with E-state index in [0.29, 0.717) is 5.41 Å². The van der Waals surface area contributed by atoms with Gasteiger partial charge in [-0.25, -0.2) is 9.37 Å². The van der Waals surface area contributed by atoms with Crippen molar-refractivity contribution in [2.75, 3.05) is 32.0 Å². The zero-order chi connectivity index (χ0) is 14.2. The van der Waals surface area contributed by atoms with Gasteiger partial charge in [0, 0.05) is 6.54 Å². The van der Waals surface area contributed by atoms with Crippen molar-refractivity contribution in [2.24, 2.45) is 5.41 Å². The molecule has 5 heteroatoms. The summed E-state index contributed by atoms with van der Waals surface area (Å²) in [6, 6.07) is 4.75. The molecule has 1 saturated heterocycles. The molecule has 20 heavy (non-hydrogen) atoms. The Hall–Kier alpha value is -1.20. The fraction of sp³-hybridized carbons (Fsp3) is 0.533. The van der Waals surface area contributed by atoms with Crippen molar-refractivity contribution in [3.63, 3.8) is 0 Å².